The summed E-state index contributed by atoms with van der Waals surface area (Å²) in [7, 11) is 0. The molecule has 108 valence electrons. The number of amides is 1. The van der Waals surface area contributed by atoms with Crippen molar-refractivity contribution < 1.29 is 14.7 Å². The third-order valence-electron chi connectivity index (χ3n) is 3.61. The molecule has 1 atom stereocenters. The van der Waals surface area contributed by atoms with E-state index in [-0.39, 0.29) is 5.91 Å². The molecular formula is C15H20N2O3. The predicted molar refractivity (Wildman–Crippen MR) is 75.9 cm³/mol. The Morgan fingerprint density at radius 2 is 1.95 bits per heavy atom. The highest BCUT2D eigenvalue weighted by Gasteiger charge is 2.32. The number of benzene rings is 1. The fourth-order valence-corrected chi connectivity index (χ4v) is 2.34. The number of carboxylic acids is 1. The van der Waals surface area contributed by atoms with Crippen LogP contribution >= 0.6 is 0 Å². The number of hydrogen-bond donors (Lipinski definition) is 2. The van der Waals surface area contributed by atoms with Gasteiger partial charge in [-0.3, -0.25) is 4.79 Å². The molecule has 2 N–H and O–H groups in total. The monoisotopic (exact) mass is 276 g/mol. The van der Waals surface area contributed by atoms with Crippen LogP contribution < -0.4 is 5.32 Å². The van der Waals surface area contributed by atoms with E-state index in [1.165, 1.54) is 4.90 Å². The van der Waals surface area contributed by atoms with Gasteiger partial charge in [-0.25, -0.2) is 4.79 Å². The van der Waals surface area contributed by atoms with Gasteiger partial charge in [-0.05, 0) is 23.6 Å². The van der Waals surface area contributed by atoms with Gasteiger partial charge in [0.15, 0.2) is 0 Å². The maximum Gasteiger partial charge on any atom is 0.327 e. The van der Waals surface area contributed by atoms with Crippen molar-refractivity contribution in [2.75, 3.05) is 19.6 Å². The molecular weight excluding hydrogens is 256 g/mol. The molecule has 0 aromatic heterocycles. The lowest BCUT2D eigenvalue weighted by atomic mass is 10.0. The molecule has 0 bridgehead atoms. The molecule has 1 aliphatic rings. The highest BCUT2D eigenvalue weighted by molar-refractivity contribution is 5.96. The number of hydrogen-bond acceptors (Lipinski definition) is 3. The lowest BCUT2D eigenvalue weighted by Gasteiger charge is -2.33. The molecule has 2 rings (SSSR count). The van der Waals surface area contributed by atoms with Crippen molar-refractivity contribution in [1.29, 1.82) is 0 Å². The summed E-state index contributed by atoms with van der Waals surface area (Å²) in [6, 6.07) is 6.62. The molecule has 5 nitrogen and oxygen atoms in total. The van der Waals surface area contributed by atoms with Gasteiger partial charge in [-0.2, -0.15) is 0 Å². The van der Waals surface area contributed by atoms with Gasteiger partial charge in [-0.15, -0.1) is 0 Å². The summed E-state index contributed by atoms with van der Waals surface area (Å²) in [5.74, 6) is -0.774. The molecule has 20 heavy (non-hydrogen) atoms. The van der Waals surface area contributed by atoms with E-state index in [1.54, 1.807) is 12.1 Å². The summed E-state index contributed by atoms with van der Waals surface area (Å²) in [6.07, 6.45) is 0. The minimum Gasteiger partial charge on any atom is -0.480 e. The Morgan fingerprint density at radius 3 is 2.50 bits per heavy atom. The van der Waals surface area contributed by atoms with Gasteiger partial charge < -0.3 is 15.3 Å². The Hall–Kier alpha value is -1.88. The van der Waals surface area contributed by atoms with Crippen LogP contribution in [0.2, 0.25) is 0 Å². The van der Waals surface area contributed by atoms with E-state index in [9.17, 15) is 14.7 Å². The second-order valence-corrected chi connectivity index (χ2v) is 5.33. The average Bonchev–Trinajstić information content (AvgIpc) is 2.46. The Morgan fingerprint density at radius 1 is 1.30 bits per heavy atom. The van der Waals surface area contributed by atoms with Gasteiger partial charge in [-0.1, -0.05) is 26.0 Å². The van der Waals surface area contributed by atoms with Gasteiger partial charge in [0, 0.05) is 25.2 Å². The van der Waals surface area contributed by atoms with Crippen molar-refractivity contribution in [1.82, 2.24) is 10.2 Å². The van der Waals surface area contributed by atoms with E-state index in [2.05, 4.69) is 19.2 Å². The lowest BCUT2D eigenvalue weighted by Crippen LogP contribution is -2.56. The first-order valence-electron chi connectivity index (χ1n) is 6.85. The lowest BCUT2D eigenvalue weighted by molar-refractivity contribution is -0.142. The zero-order chi connectivity index (χ0) is 14.7. The molecule has 1 fully saturated rings. The fraction of sp³-hybridized carbons (Fsp3) is 0.467. The van der Waals surface area contributed by atoms with Crippen LogP contribution in [0.5, 0.6) is 0 Å². The van der Waals surface area contributed by atoms with Crippen LogP contribution in [-0.4, -0.2) is 47.6 Å². The molecule has 1 aromatic rings. The molecule has 0 aliphatic carbocycles. The van der Waals surface area contributed by atoms with E-state index in [0.29, 0.717) is 31.1 Å². The number of nitrogens with zero attached hydrogens (tertiary/aromatic N) is 1. The van der Waals surface area contributed by atoms with Crippen molar-refractivity contribution >= 4 is 11.9 Å². The van der Waals surface area contributed by atoms with Crippen LogP contribution in [0.1, 0.15) is 35.7 Å². The first kappa shape index (κ1) is 14.5. The Kier molecular flexibility index (Phi) is 4.39. The number of carboxylic acid groups (broad SMARTS) is 1. The maximum absolute atomic E-state index is 12.4. The number of piperazine rings is 1. The van der Waals surface area contributed by atoms with E-state index >= 15 is 0 Å². The van der Waals surface area contributed by atoms with Crippen molar-refractivity contribution in [3.05, 3.63) is 35.4 Å². The molecule has 1 unspecified atom stereocenters. The molecule has 1 saturated heterocycles. The predicted octanol–water partition coefficient (Wildman–Crippen LogP) is 1.31. The Balaban J connectivity index is 2.18. The first-order valence-corrected chi connectivity index (χ1v) is 6.85. The number of carbonyl (C=O) groups is 2. The second kappa shape index (κ2) is 6.05. The SMILES string of the molecule is CC(C)c1ccc(C(=O)N2CCNCC2C(=O)O)cc1. The highest BCUT2D eigenvalue weighted by Crippen LogP contribution is 2.17. The summed E-state index contributed by atoms with van der Waals surface area (Å²) >= 11 is 0. The Labute approximate surface area is 118 Å². The summed E-state index contributed by atoms with van der Waals surface area (Å²) in [6.45, 7) is 5.52. The van der Waals surface area contributed by atoms with Gasteiger partial charge in [0.25, 0.3) is 5.91 Å². The Bertz CT molecular complexity index is 496. The van der Waals surface area contributed by atoms with E-state index in [0.717, 1.165) is 5.56 Å². The van der Waals surface area contributed by atoms with Crippen LogP contribution in [0.4, 0.5) is 0 Å². The number of rotatable bonds is 3. The number of aliphatic carboxylic acids is 1. The number of nitrogens with one attached hydrogen (secondary N) is 1. The molecule has 1 aromatic carbocycles. The third kappa shape index (κ3) is 2.99. The molecule has 1 heterocycles. The number of carbonyl (C=O) groups excluding carboxylic acids is 1. The van der Waals surface area contributed by atoms with Gasteiger partial charge in [0.1, 0.15) is 6.04 Å². The van der Waals surface area contributed by atoms with Crippen LogP contribution in [0, 0.1) is 0 Å². The normalized spacial score (nSPS) is 19.1. The van der Waals surface area contributed by atoms with E-state index in [4.69, 9.17) is 0 Å². The smallest absolute Gasteiger partial charge is 0.327 e. The summed E-state index contributed by atoms with van der Waals surface area (Å²) < 4.78 is 0. The van der Waals surface area contributed by atoms with Crippen molar-refractivity contribution in [2.45, 2.75) is 25.8 Å². The minimum atomic E-state index is -0.968. The van der Waals surface area contributed by atoms with Crippen LogP contribution in [-0.2, 0) is 4.79 Å². The topological polar surface area (TPSA) is 69.6 Å². The van der Waals surface area contributed by atoms with Gasteiger partial charge >= 0.3 is 5.97 Å². The van der Waals surface area contributed by atoms with Gasteiger partial charge in [0.2, 0.25) is 0 Å². The fourth-order valence-electron chi connectivity index (χ4n) is 2.34. The summed E-state index contributed by atoms with van der Waals surface area (Å²) in [5, 5.41) is 12.2. The molecule has 0 saturated carbocycles. The standard InChI is InChI=1S/C15H20N2O3/c1-10(2)11-3-5-12(6-4-11)14(18)17-8-7-16-9-13(17)15(19)20/h3-6,10,13,16H,7-9H2,1-2H3,(H,19,20). The second-order valence-electron chi connectivity index (χ2n) is 5.33. The third-order valence-corrected chi connectivity index (χ3v) is 3.61. The zero-order valence-electron chi connectivity index (χ0n) is 11.8. The van der Waals surface area contributed by atoms with E-state index in [1.807, 2.05) is 12.1 Å². The quantitative estimate of drug-likeness (QED) is 0.873. The average molecular weight is 276 g/mol. The maximum atomic E-state index is 12.4. The highest BCUT2D eigenvalue weighted by atomic mass is 16.4. The van der Waals surface area contributed by atoms with Crippen molar-refractivity contribution in [2.24, 2.45) is 0 Å². The van der Waals surface area contributed by atoms with Crippen LogP contribution in [0.3, 0.4) is 0 Å². The largest absolute Gasteiger partial charge is 0.480 e. The summed E-state index contributed by atoms with van der Waals surface area (Å²) in [4.78, 5) is 25.1. The van der Waals surface area contributed by atoms with Crippen LogP contribution in [0.25, 0.3) is 0 Å². The molecule has 1 aliphatic heterocycles. The molecule has 0 radical (unpaired) electrons. The first-order chi connectivity index (χ1) is 9.50. The summed E-state index contributed by atoms with van der Waals surface area (Å²) in [5.41, 5.74) is 1.71. The van der Waals surface area contributed by atoms with Crippen molar-refractivity contribution in [3.8, 4) is 0 Å². The molecule has 5 heteroatoms. The van der Waals surface area contributed by atoms with Crippen LogP contribution in [0.15, 0.2) is 24.3 Å². The molecule has 1 amide bonds. The van der Waals surface area contributed by atoms with Crippen molar-refractivity contribution in [3.63, 3.8) is 0 Å². The zero-order valence-corrected chi connectivity index (χ0v) is 11.8. The van der Waals surface area contributed by atoms with Gasteiger partial charge in [0.05, 0.1) is 0 Å². The van der Waals surface area contributed by atoms with E-state index < -0.39 is 12.0 Å². The minimum absolute atomic E-state index is 0.214. The molecule has 0 spiro atoms.